The molecule has 0 amide bonds. The van der Waals surface area contributed by atoms with Crippen molar-refractivity contribution in [2.24, 2.45) is 0 Å². The second-order valence-corrected chi connectivity index (χ2v) is 12.1. The van der Waals surface area contributed by atoms with Crippen molar-refractivity contribution < 1.29 is 0 Å². The maximum absolute atomic E-state index is 2.53. The van der Waals surface area contributed by atoms with Crippen molar-refractivity contribution in [1.82, 2.24) is 0 Å². The van der Waals surface area contributed by atoms with Gasteiger partial charge >= 0.3 is 0 Å². The van der Waals surface area contributed by atoms with Crippen molar-refractivity contribution in [3.05, 3.63) is 117 Å². The quantitative estimate of drug-likeness (QED) is 0.448. The summed E-state index contributed by atoms with van der Waals surface area (Å²) in [5.41, 5.74) is 10.2. The van der Waals surface area contributed by atoms with Crippen LogP contribution in [0.4, 0.5) is 0 Å². The van der Waals surface area contributed by atoms with Crippen molar-refractivity contribution in [2.45, 2.75) is 18.6 Å². The van der Waals surface area contributed by atoms with E-state index in [1.807, 2.05) is 0 Å². The lowest BCUT2D eigenvalue weighted by atomic mass is 9.99. The van der Waals surface area contributed by atoms with E-state index in [0.29, 0.717) is 5.25 Å². The van der Waals surface area contributed by atoms with Crippen molar-refractivity contribution in [3.63, 3.8) is 0 Å². The van der Waals surface area contributed by atoms with Crippen molar-refractivity contribution in [2.75, 3.05) is 12.5 Å². The average molecular weight is 383 g/mol. The molecule has 0 radical (unpaired) electrons. The maximum Gasteiger partial charge on any atom is 0.0387 e. The molecule has 28 heavy (non-hydrogen) atoms. The van der Waals surface area contributed by atoms with Crippen LogP contribution in [0.25, 0.3) is 11.6 Å². The minimum absolute atomic E-state index is 0.506. The zero-order chi connectivity index (χ0) is 19.3. The molecule has 0 saturated heterocycles. The number of allylic oxidation sites excluding steroid dienone is 1. The summed E-state index contributed by atoms with van der Waals surface area (Å²) < 4.78 is 0. The molecule has 5 rings (SSSR count). The van der Waals surface area contributed by atoms with Crippen LogP contribution in [0.5, 0.6) is 0 Å². The van der Waals surface area contributed by atoms with E-state index in [4.69, 9.17) is 0 Å². The second-order valence-electron chi connectivity index (χ2n) is 8.30. The highest BCUT2D eigenvalue weighted by atomic mass is 32.3. The zero-order valence-corrected chi connectivity index (χ0v) is 17.6. The molecular weight excluding hydrogens is 356 g/mol. The van der Waals surface area contributed by atoms with Crippen molar-refractivity contribution in [1.29, 1.82) is 0 Å². The van der Waals surface area contributed by atoms with Gasteiger partial charge in [-0.2, -0.15) is 0 Å². The van der Waals surface area contributed by atoms with Gasteiger partial charge in [0.05, 0.1) is 0 Å². The monoisotopic (exact) mass is 382 g/mol. The summed E-state index contributed by atoms with van der Waals surface area (Å²) >= 11 is 0. The minimum Gasteiger partial charge on any atom is -0.212 e. The summed E-state index contributed by atoms with van der Waals surface area (Å²) in [6.07, 6.45) is 8.54. The van der Waals surface area contributed by atoms with Gasteiger partial charge in [0, 0.05) is 11.7 Å². The normalized spacial score (nSPS) is 18.7. The molecule has 1 unspecified atom stereocenters. The minimum atomic E-state index is -1.05. The Morgan fingerprint density at radius 1 is 0.786 bits per heavy atom. The van der Waals surface area contributed by atoms with Crippen LogP contribution in [0.15, 0.2) is 89.3 Å². The molecule has 0 spiro atoms. The highest BCUT2D eigenvalue weighted by molar-refractivity contribution is 8.36. The highest BCUT2D eigenvalue weighted by Crippen LogP contribution is 2.69. The van der Waals surface area contributed by atoms with Gasteiger partial charge in [0.1, 0.15) is 0 Å². The van der Waals surface area contributed by atoms with Crippen LogP contribution in [-0.2, 0) is 6.42 Å². The van der Waals surface area contributed by atoms with Gasteiger partial charge in [0.15, 0.2) is 0 Å². The lowest BCUT2D eigenvalue weighted by Crippen LogP contribution is -2.12. The molecule has 140 valence electrons. The Morgan fingerprint density at radius 2 is 1.46 bits per heavy atom. The molecule has 0 N–H and O–H groups in total. The van der Waals surface area contributed by atoms with E-state index in [1.165, 1.54) is 39.0 Å². The van der Waals surface area contributed by atoms with E-state index in [0.717, 1.165) is 6.42 Å². The summed E-state index contributed by atoms with van der Waals surface area (Å²) in [6, 6.07) is 29.0. The van der Waals surface area contributed by atoms with Gasteiger partial charge in [-0.1, -0.05) is 90.5 Å². The van der Waals surface area contributed by atoms with Gasteiger partial charge in [0.25, 0.3) is 0 Å². The Balaban J connectivity index is 1.72. The van der Waals surface area contributed by atoms with Crippen molar-refractivity contribution in [3.8, 4) is 0 Å². The molecule has 0 aliphatic heterocycles. The third-order valence-corrected chi connectivity index (χ3v) is 9.70. The smallest absolute Gasteiger partial charge is 0.0387 e. The summed E-state index contributed by atoms with van der Waals surface area (Å²) in [6.45, 7) is 2.32. The zero-order valence-electron chi connectivity index (χ0n) is 16.8. The Morgan fingerprint density at radius 3 is 2.29 bits per heavy atom. The topological polar surface area (TPSA) is 0 Å². The maximum atomic E-state index is 2.53. The fourth-order valence-corrected chi connectivity index (χ4v) is 8.48. The lowest BCUT2D eigenvalue weighted by Gasteiger charge is -2.42. The molecule has 3 aromatic carbocycles. The standard InChI is InChI=1S/C27H26S/c1-19-17-21-13-8-10-16-24(21)27(19)28(2,3)25-18-22-14-7-9-15-23(22)26(25)20-11-5-4-6-12-20/h4-17,27H,18H2,1-3H3. The Hall–Kier alpha value is -2.51. The fourth-order valence-electron chi connectivity index (χ4n) is 5.07. The van der Waals surface area contributed by atoms with Gasteiger partial charge in [-0.25, -0.2) is 10.0 Å². The molecule has 1 atom stereocenters. The molecule has 0 heterocycles. The highest BCUT2D eigenvalue weighted by Gasteiger charge is 2.38. The van der Waals surface area contributed by atoms with E-state index in [-0.39, 0.29) is 0 Å². The summed E-state index contributed by atoms with van der Waals surface area (Å²) in [4.78, 5) is 1.65. The van der Waals surface area contributed by atoms with E-state index >= 15 is 0 Å². The van der Waals surface area contributed by atoms with Gasteiger partial charge in [-0.15, -0.1) is 0 Å². The van der Waals surface area contributed by atoms with Gasteiger partial charge in [0.2, 0.25) is 0 Å². The molecule has 0 aromatic heterocycles. The molecule has 0 nitrogen and oxygen atoms in total. The van der Waals surface area contributed by atoms with E-state index < -0.39 is 10.0 Å². The van der Waals surface area contributed by atoms with Crippen LogP contribution < -0.4 is 0 Å². The molecule has 0 bridgehead atoms. The van der Waals surface area contributed by atoms with Crippen LogP contribution in [0.2, 0.25) is 0 Å². The Labute approximate surface area is 169 Å². The molecular formula is C27H26S. The first kappa shape index (κ1) is 17.6. The SMILES string of the molecule is CC1=Cc2ccccc2C1S(C)(C)C1=C(c2ccccc2)c2ccccc2C1. The largest absolute Gasteiger partial charge is 0.212 e. The third kappa shape index (κ3) is 2.61. The van der Waals surface area contributed by atoms with Crippen LogP contribution in [0.3, 0.4) is 0 Å². The van der Waals surface area contributed by atoms with Crippen molar-refractivity contribution >= 4 is 21.7 Å². The van der Waals surface area contributed by atoms with Gasteiger partial charge in [-0.3, -0.25) is 0 Å². The van der Waals surface area contributed by atoms with Gasteiger partial charge in [-0.05, 0) is 57.7 Å². The predicted molar refractivity (Wildman–Crippen MR) is 125 cm³/mol. The summed E-state index contributed by atoms with van der Waals surface area (Å²) in [5.74, 6) is 0. The van der Waals surface area contributed by atoms with E-state index in [2.05, 4.69) is 104 Å². The first-order valence-electron chi connectivity index (χ1n) is 9.93. The summed E-state index contributed by atoms with van der Waals surface area (Å²) in [5, 5.41) is 0.506. The summed E-state index contributed by atoms with van der Waals surface area (Å²) in [7, 11) is -1.05. The van der Waals surface area contributed by atoms with Crippen LogP contribution in [-0.4, -0.2) is 12.5 Å². The number of fused-ring (bicyclic) bond motifs is 2. The van der Waals surface area contributed by atoms with Gasteiger partial charge < -0.3 is 0 Å². The molecule has 3 aromatic rings. The third-order valence-electron chi connectivity index (χ3n) is 6.28. The molecule has 0 saturated carbocycles. The average Bonchev–Trinajstić information content (AvgIpc) is 3.26. The number of benzene rings is 3. The number of rotatable bonds is 3. The van der Waals surface area contributed by atoms with Crippen LogP contribution >= 0.6 is 10.0 Å². The number of hydrogen-bond acceptors (Lipinski definition) is 0. The molecule has 2 aliphatic carbocycles. The number of hydrogen-bond donors (Lipinski definition) is 0. The molecule has 0 fully saturated rings. The Kier molecular flexibility index (Phi) is 4.10. The predicted octanol–water partition coefficient (Wildman–Crippen LogP) is 7.22. The second kappa shape index (κ2) is 6.53. The van der Waals surface area contributed by atoms with E-state index in [1.54, 1.807) is 4.91 Å². The lowest BCUT2D eigenvalue weighted by molar-refractivity contribution is 1.13. The first-order valence-corrected chi connectivity index (χ1v) is 12.4. The molecule has 2 aliphatic rings. The van der Waals surface area contributed by atoms with Crippen LogP contribution in [0, 0.1) is 0 Å². The molecule has 1 heteroatoms. The van der Waals surface area contributed by atoms with Crippen LogP contribution in [0.1, 0.15) is 40.0 Å². The first-order chi connectivity index (χ1) is 13.6. The fraction of sp³-hybridized carbons (Fsp3) is 0.185. The Bertz CT molecular complexity index is 1120. The van der Waals surface area contributed by atoms with E-state index in [9.17, 15) is 0 Å².